The van der Waals surface area contributed by atoms with Crippen molar-refractivity contribution in [2.75, 3.05) is 13.1 Å². The number of carbonyl (C=O) groups excluding carboxylic acids is 2. The van der Waals surface area contributed by atoms with Crippen LogP contribution in [0.3, 0.4) is 0 Å². The molecule has 2 aliphatic heterocycles. The van der Waals surface area contributed by atoms with Crippen molar-refractivity contribution in [3.63, 3.8) is 0 Å². The van der Waals surface area contributed by atoms with Gasteiger partial charge in [0.2, 0.25) is 11.8 Å². The minimum atomic E-state index is -0.120. The summed E-state index contributed by atoms with van der Waals surface area (Å²) in [5.74, 6) is 0.147. The molecule has 0 aromatic rings. The summed E-state index contributed by atoms with van der Waals surface area (Å²) in [4.78, 5) is 22.6. The maximum Gasteiger partial charge on any atom is 0.237 e. The monoisotopic (exact) mass is 211 g/mol. The van der Waals surface area contributed by atoms with E-state index in [2.05, 4.69) is 16.0 Å². The number of amides is 2. The van der Waals surface area contributed by atoms with Gasteiger partial charge in [-0.05, 0) is 19.3 Å². The average Bonchev–Trinajstić information content (AvgIpc) is 2.50. The number of rotatable bonds is 2. The van der Waals surface area contributed by atoms with Crippen LogP contribution in [-0.4, -0.2) is 37.0 Å². The molecule has 0 spiro atoms. The maximum atomic E-state index is 11.6. The van der Waals surface area contributed by atoms with E-state index in [1.54, 1.807) is 0 Å². The van der Waals surface area contributed by atoms with Gasteiger partial charge in [0.05, 0.1) is 6.04 Å². The SMILES string of the molecule is O=C1CC(NC2CCCCNC2=O)CN1. The van der Waals surface area contributed by atoms with Gasteiger partial charge in [-0.3, -0.25) is 9.59 Å². The second-order valence-corrected chi connectivity index (χ2v) is 4.21. The van der Waals surface area contributed by atoms with Crippen LogP contribution >= 0.6 is 0 Å². The molecule has 15 heavy (non-hydrogen) atoms. The van der Waals surface area contributed by atoms with E-state index < -0.39 is 0 Å². The van der Waals surface area contributed by atoms with Crippen molar-refractivity contribution >= 4 is 11.8 Å². The van der Waals surface area contributed by atoms with Crippen LogP contribution in [0.1, 0.15) is 25.7 Å². The van der Waals surface area contributed by atoms with Crippen molar-refractivity contribution in [3.05, 3.63) is 0 Å². The number of carbonyl (C=O) groups is 2. The van der Waals surface area contributed by atoms with E-state index in [-0.39, 0.29) is 23.9 Å². The highest BCUT2D eigenvalue weighted by molar-refractivity contribution is 5.82. The lowest BCUT2D eigenvalue weighted by Gasteiger charge is -2.18. The summed E-state index contributed by atoms with van der Waals surface area (Å²) in [6.07, 6.45) is 3.47. The lowest BCUT2D eigenvalue weighted by molar-refractivity contribution is -0.123. The Morgan fingerprint density at radius 1 is 1.20 bits per heavy atom. The molecule has 0 saturated carbocycles. The smallest absolute Gasteiger partial charge is 0.237 e. The van der Waals surface area contributed by atoms with Crippen molar-refractivity contribution in [2.24, 2.45) is 0 Å². The van der Waals surface area contributed by atoms with E-state index >= 15 is 0 Å². The summed E-state index contributed by atoms with van der Waals surface area (Å²) in [6, 6.07) is -0.00319. The second kappa shape index (κ2) is 4.61. The summed E-state index contributed by atoms with van der Waals surface area (Å²) in [5, 5.41) is 8.87. The van der Waals surface area contributed by atoms with Gasteiger partial charge >= 0.3 is 0 Å². The summed E-state index contributed by atoms with van der Waals surface area (Å²) in [5.41, 5.74) is 0. The van der Waals surface area contributed by atoms with E-state index in [0.717, 1.165) is 25.8 Å². The molecule has 2 amide bonds. The van der Waals surface area contributed by atoms with Crippen molar-refractivity contribution < 1.29 is 9.59 Å². The van der Waals surface area contributed by atoms with Crippen molar-refractivity contribution in [1.29, 1.82) is 0 Å². The summed E-state index contributed by atoms with van der Waals surface area (Å²) >= 11 is 0. The Kier molecular flexibility index (Phi) is 3.20. The minimum Gasteiger partial charge on any atom is -0.355 e. The van der Waals surface area contributed by atoms with Crippen LogP contribution in [0, 0.1) is 0 Å². The fourth-order valence-corrected chi connectivity index (χ4v) is 2.11. The fraction of sp³-hybridized carbons (Fsp3) is 0.800. The van der Waals surface area contributed by atoms with Gasteiger partial charge in [0.25, 0.3) is 0 Å². The van der Waals surface area contributed by atoms with Gasteiger partial charge in [-0.2, -0.15) is 0 Å². The third-order valence-corrected chi connectivity index (χ3v) is 2.95. The summed E-state index contributed by atoms with van der Waals surface area (Å²) in [6.45, 7) is 1.42. The van der Waals surface area contributed by atoms with Crippen molar-refractivity contribution in [3.8, 4) is 0 Å². The quantitative estimate of drug-likeness (QED) is 0.556. The minimum absolute atomic E-state index is 0.0709. The molecule has 0 aromatic heterocycles. The first-order valence-electron chi connectivity index (χ1n) is 5.56. The first kappa shape index (κ1) is 10.4. The predicted octanol–water partition coefficient (Wildman–Crippen LogP) is -0.867. The average molecular weight is 211 g/mol. The molecule has 2 aliphatic rings. The number of hydrogen-bond donors (Lipinski definition) is 3. The molecule has 2 heterocycles. The molecule has 5 heteroatoms. The molecule has 2 saturated heterocycles. The third-order valence-electron chi connectivity index (χ3n) is 2.95. The van der Waals surface area contributed by atoms with E-state index in [1.165, 1.54) is 0 Å². The summed E-state index contributed by atoms with van der Waals surface area (Å²) < 4.78 is 0. The highest BCUT2D eigenvalue weighted by atomic mass is 16.2. The van der Waals surface area contributed by atoms with Gasteiger partial charge in [-0.25, -0.2) is 0 Å². The van der Waals surface area contributed by atoms with E-state index in [9.17, 15) is 9.59 Å². The largest absolute Gasteiger partial charge is 0.355 e. The van der Waals surface area contributed by atoms with E-state index in [0.29, 0.717) is 13.0 Å². The summed E-state index contributed by atoms with van der Waals surface area (Å²) in [7, 11) is 0. The third kappa shape index (κ3) is 2.68. The van der Waals surface area contributed by atoms with Crippen molar-refractivity contribution in [1.82, 2.24) is 16.0 Å². The van der Waals surface area contributed by atoms with Crippen LogP contribution < -0.4 is 16.0 Å². The Bertz CT molecular complexity index is 267. The molecule has 5 nitrogen and oxygen atoms in total. The number of nitrogens with one attached hydrogen (secondary N) is 3. The highest BCUT2D eigenvalue weighted by Crippen LogP contribution is 2.08. The van der Waals surface area contributed by atoms with Crippen LogP contribution in [-0.2, 0) is 9.59 Å². The molecular weight excluding hydrogens is 194 g/mol. The zero-order valence-corrected chi connectivity index (χ0v) is 8.71. The highest BCUT2D eigenvalue weighted by Gasteiger charge is 2.27. The van der Waals surface area contributed by atoms with E-state index in [1.807, 2.05) is 0 Å². The Morgan fingerprint density at radius 2 is 2.07 bits per heavy atom. The van der Waals surface area contributed by atoms with Gasteiger partial charge in [-0.15, -0.1) is 0 Å². The zero-order valence-electron chi connectivity index (χ0n) is 8.71. The van der Waals surface area contributed by atoms with Crippen LogP contribution in [0.2, 0.25) is 0 Å². The molecule has 0 aromatic carbocycles. The maximum absolute atomic E-state index is 11.6. The molecule has 3 N–H and O–H groups in total. The zero-order chi connectivity index (χ0) is 10.7. The molecule has 0 aliphatic carbocycles. The van der Waals surface area contributed by atoms with Gasteiger partial charge in [0.1, 0.15) is 0 Å². The Balaban J connectivity index is 1.86. The molecule has 0 radical (unpaired) electrons. The van der Waals surface area contributed by atoms with Crippen LogP contribution in [0.5, 0.6) is 0 Å². The topological polar surface area (TPSA) is 70.2 Å². The Hall–Kier alpha value is -1.10. The first-order chi connectivity index (χ1) is 7.25. The Morgan fingerprint density at radius 3 is 2.80 bits per heavy atom. The van der Waals surface area contributed by atoms with Gasteiger partial charge in [0.15, 0.2) is 0 Å². The van der Waals surface area contributed by atoms with Gasteiger partial charge in [-0.1, -0.05) is 0 Å². The molecule has 2 unspecified atom stereocenters. The number of hydrogen-bond acceptors (Lipinski definition) is 3. The molecule has 2 fully saturated rings. The van der Waals surface area contributed by atoms with Crippen LogP contribution in [0.4, 0.5) is 0 Å². The molecule has 2 atom stereocenters. The fourth-order valence-electron chi connectivity index (χ4n) is 2.11. The normalized spacial score (nSPS) is 32.0. The lowest BCUT2D eigenvalue weighted by atomic mass is 10.1. The molecular formula is C10H17N3O2. The molecule has 84 valence electrons. The van der Waals surface area contributed by atoms with Gasteiger partial charge < -0.3 is 16.0 Å². The van der Waals surface area contributed by atoms with Crippen LogP contribution in [0.25, 0.3) is 0 Å². The molecule has 2 rings (SSSR count). The standard InChI is InChI=1S/C10H17N3O2/c14-9-5-7(6-12-9)13-8-3-1-2-4-11-10(8)15/h7-8,13H,1-6H2,(H,11,15)(H,12,14). The Labute approximate surface area is 89.0 Å². The molecule has 0 bridgehead atoms. The van der Waals surface area contributed by atoms with Crippen molar-refractivity contribution in [2.45, 2.75) is 37.8 Å². The second-order valence-electron chi connectivity index (χ2n) is 4.21. The lowest BCUT2D eigenvalue weighted by Crippen LogP contribution is -2.47. The van der Waals surface area contributed by atoms with Gasteiger partial charge in [0, 0.05) is 25.6 Å². The van der Waals surface area contributed by atoms with E-state index in [4.69, 9.17) is 0 Å². The first-order valence-corrected chi connectivity index (χ1v) is 5.56. The predicted molar refractivity (Wildman–Crippen MR) is 55.2 cm³/mol. The van der Waals surface area contributed by atoms with Crippen LogP contribution in [0.15, 0.2) is 0 Å².